The van der Waals surface area contributed by atoms with Crippen LogP contribution in [0.1, 0.15) is 37.6 Å². The first-order valence-corrected chi connectivity index (χ1v) is 7.47. The largest absolute Gasteiger partial charge is 0.481 e. The first-order valence-electron chi connectivity index (χ1n) is 7.47. The van der Waals surface area contributed by atoms with Crippen LogP contribution in [0.4, 0.5) is 0 Å². The summed E-state index contributed by atoms with van der Waals surface area (Å²) in [6, 6.07) is 5.73. The fraction of sp³-hybridized carbons (Fsp3) is 0.562. The molecule has 1 aromatic rings. The molecule has 0 bridgehead atoms. The quantitative estimate of drug-likeness (QED) is 0.903. The fourth-order valence-corrected chi connectivity index (χ4v) is 3.01. The minimum Gasteiger partial charge on any atom is -0.481 e. The van der Waals surface area contributed by atoms with Crippen LogP contribution >= 0.6 is 0 Å². The molecule has 1 fully saturated rings. The number of amides is 1. The van der Waals surface area contributed by atoms with Gasteiger partial charge in [0.25, 0.3) is 0 Å². The zero-order chi connectivity index (χ0) is 15.4. The number of aromatic nitrogens is 1. The van der Waals surface area contributed by atoms with Gasteiger partial charge in [0, 0.05) is 12.2 Å². The molecule has 1 aliphatic carbocycles. The molecule has 5 heteroatoms. The summed E-state index contributed by atoms with van der Waals surface area (Å²) in [6.45, 7) is 4.84. The molecule has 21 heavy (non-hydrogen) atoms. The number of pyridine rings is 1. The van der Waals surface area contributed by atoms with Gasteiger partial charge in [0.1, 0.15) is 0 Å². The number of carbonyl (C=O) groups excluding carboxylic acids is 1. The highest BCUT2D eigenvalue weighted by Crippen LogP contribution is 2.33. The van der Waals surface area contributed by atoms with Gasteiger partial charge in [0.15, 0.2) is 0 Å². The number of nitrogens with zero attached hydrogens (tertiary/aromatic N) is 2. The molecule has 0 spiro atoms. The maximum atomic E-state index is 12.6. The van der Waals surface area contributed by atoms with Crippen LogP contribution in [0, 0.1) is 18.8 Å². The maximum absolute atomic E-state index is 12.6. The van der Waals surface area contributed by atoms with E-state index in [9.17, 15) is 14.7 Å². The number of aryl methyl sites for hydroxylation is 1. The predicted octanol–water partition coefficient (Wildman–Crippen LogP) is 2.24. The highest BCUT2D eigenvalue weighted by atomic mass is 16.4. The van der Waals surface area contributed by atoms with Gasteiger partial charge in [-0.2, -0.15) is 0 Å². The second-order valence-electron chi connectivity index (χ2n) is 5.60. The van der Waals surface area contributed by atoms with E-state index in [-0.39, 0.29) is 11.8 Å². The molecular formula is C16H22N2O3. The van der Waals surface area contributed by atoms with Crippen LogP contribution in [0.5, 0.6) is 0 Å². The number of carboxylic acids is 1. The van der Waals surface area contributed by atoms with E-state index in [4.69, 9.17) is 0 Å². The van der Waals surface area contributed by atoms with Crippen molar-refractivity contribution < 1.29 is 14.7 Å². The van der Waals surface area contributed by atoms with Crippen molar-refractivity contribution >= 4 is 11.9 Å². The maximum Gasteiger partial charge on any atom is 0.307 e. The van der Waals surface area contributed by atoms with Gasteiger partial charge >= 0.3 is 5.97 Å². The van der Waals surface area contributed by atoms with Gasteiger partial charge in [-0.1, -0.05) is 12.5 Å². The Hall–Kier alpha value is -1.91. The summed E-state index contributed by atoms with van der Waals surface area (Å²) in [6.07, 6.45) is 2.09. The normalized spacial score (nSPS) is 21.2. The average Bonchev–Trinajstić information content (AvgIpc) is 2.93. The van der Waals surface area contributed by atoms with Crippen LogP contribution in [0.2, 0.25) is 0 Å². The van der Waals surface area contributed by atoms with Crippen molar-refractivity contribution in [1.82, 2.24) is 9.88 Å². The van der Waals surface area contributed by atoms with Crippen LogP contribution in [0.3, 0.4) is 0 Å². The second kappa shape index (κ2) is 6.70. The van der Waals surface area contributed by atoms with Crippen LogP contribution in [0.25, 0.3) is 0 Å². The summed E-state index contributed by atoms with van der Waals surface area (Å²) >= 11 is 0. The van der Waals surface area contributed by atoms with Crippen molar-refractivity contribution in [2.75, 3.05) is 6.54 Å². The molecule has 5 nitrogen and oxygen atoms in total. The minimum atomic E-state index is -0.851. The average molecular weight is 290 g/mol. The van der Waals surface area contributed by atoms with Gasteiger partial charge < -0.3 is 10.0 Å². The summed E-state index contributed by atoms with van der Waals surface area (Å²) in [5.41, 5.74) is 1.76. The molecule has 1 aliphatic rings. The molecule has 1 heterocycles. The Morgan fingerprint density at radius 3 is 2.67 bits per heavy atom. The predicted molar refractivity (Wildman–Crippen MR) is 78.5 cm³/mol. The molecule has 1 saturated carbocycles. The standard InChI is InChI=1S/C16H22N2O3/c1-3-18(10-12-7-4-6-11(2)17-12)15(19)13-8-5-9-14(13)16(20)21/h4,6-7,13-14H,3,5,8-10H2,1-2H3,(H,20,21)/t13-,14+/m1/s1. The number of hydrogen-bond acceptors (Lipinski definition) is 3. The Bertz CT molecular complexity index is 530. The monoisotopic (exact) mass is 290 g/mol. The molecule has 114 valence electrons. The number of rotatable bonds is 5. The Balaban J connectivity index is 2.10. The van der Waals surface area contributed by atoms with Gasteiger partial charge in [0.2, 0.25) is 5.91 Å². The molecule has 1 N–H and O–H groups in total. The molecule has 0 radical (unpaired) electrons. The number of carbonyl (C=O) groups is 2. The molecule has 1 aromatic heterocycles. The SMILES string of the molecule is CCN(Cc1cccc(C)n1)C(=O)[C@@H]1CCC[C@@H]1C(=O)O. The highest BCUT2D eigenvalue weighted by molar-refractivity contribution is 5.85. The molecule has 0 aliphatic heterocycles. The van der Waals surface area contributed by atoms with Crippen molar-refractivity contribution in [3.05, 3.63) is 29.6 Å². The third-order valence-electron chi connectivity index (χ3n) is 4.14. The van der Waals surface area contributed by atoms with E-state index in [1.807, 2.05) is 32.0 Å². The Kier molecular flexibility index (Phi) is 4.94. The summed E-state index contributed by atoms with van der Waals surface area (Å²) in [4.78, 5) is 30.0. The van der Waals surface area contributed by atoms with Crippen LogP contribution in [0.15, 0.2) is 18.2 Å². The van der Waals surface area contributed by atoms with Gasteiger partial charge in [-0.15, -0.1) is 0 Å². The van der Waals surface area contributed by atoms with E-state index in [1.54, 1.807) is 4.90 Å². The van der Waals surface area contributed by atoms with E-state index in [0.29, 0.717) is 25.9 Å². The molecule has 0 saturated heterocycles. The van der Waals surface area contributed by atoms with E-state index in [0.717, 1.165) is 17.8 Å². The van der Waals surface area contributed by atoms with Gasteiger partial charge in [-0.25, -0.2) is 0 Å². The second-order valence-corrected chi connectivity index (χ2v) is 5.60. The Morgan fingerprint density at radius 1 is 1.33 bits per heavy atom. The number of carboxylic acid groups (broad SMARTS) is 1. The van der Waals surface area contributed by atoms with Crippen molar-refractivity contribution in [2.45, 2.75) is 39.7 Å². The minimum absolute atomic E-state index is 0.0503. The summed E-state index contributed by atoms with van der Waals surface area (Å²) in [7, 11) is 0. The van der Waals surface area contributed by atoms with Crippen LogP contribution < -0.4 is 0 Å². The third-order valence-corrected chi connectivity index (χ3v) is 4.14. The van der Waals surface area contributed by atoms with Crippen LogP contribution in [-0.2, 0) is 16.1 Å². The van der Waals surface area contributed by atoms with Gasteiger partial charge in [0.05, 0.1) is 24.1 Å². The highest BCUT2D eigenvalue weighted by Gasteiger charge is 2.39. The van der Waals surface area contributed by atoms with E-state index in [2.05, 4.69) is 4.98 Å². The molecular weight excluding hydrogens is 268 g/mol. The van der Waals surface area contributed by atoms with E-state index >= 15 is 0 Å². The number of aliphatic carboxylic acids is 1. The smallest absolute Gasteiger partial charge is 0.307 e. The van der Waals surface area contributed by atoms with Gasteiger partial charge in [-0.05, 0) is 38.8 Å². The van der Waals surface area contributed by atoms with Crippen molar-refractivity contribution in [3.8, 4) is 0 Å². The van der Waals surface area contributed by atoms with Crippen molar-refractivity contribution in [1.29, 1.82) is 0 Å². The fourth-order valence-electron chi connectivity index (χ4n) is 3.01. The van der Waals surface area contributed by atoms with Crippen molar-refractivity contribution in [3.63, 3.8) is 0 Å². The molecule has 2 atom stereocenters. The van der Waals surface area contributed by atoms with Crippen LogP contribution in [-0.4, -0.2) is 33.4 Å². The molecule has 0 aromatic carbocycles. The first-order chi connectivity index (χ1) is 10.0. The molecule has 2 rings (SSSR count). The van der Waals surface area contributed by atoms with Gasteiger partial charge in [-0.3, -0.25) is 14.6 Å². The zero-order valence-corrected chi connectivity index (χ0v) is 12.6. The lowest BCUT2D eigenvalue weighted by Crippen LogP contribution is -2.39. The number of hydrogen-bond donors (Lipinski definition) is 1. The lowest BCUT2D eigenvalue weighted by Gasteiger charge is -2.26. The summed E-state index contributed by atoms with van der Waals surface area (Å²) < 4.78 is 0. The topological polar surface area (TPSA) is 70.5 Å². The summed E-state index contributed by atoms with van der Waals surface area (Å²) in [5.74, 6) is -1.81. The lowest BCUT2D eigenvalue weighted by atomic mass is 9.94. The molecule has 1 amide bonds. The first kappa shape index (κ1) is 15.5. The summed E-state index contributed by atoms with van der Waals surface area (Å²) in [5, 5.41) is 9.23. The zero-order valence-electron chi connectivity index (χ0n) is 12.6. The van der Waals surface area contributed by atoms with E-state index in [1.165, 1.54) is 0 Å². The molecule has 0 unspecified atom stereocenters. The van der Waals surface area contributed by atoms with E-state index < -0.39 is 11.9 Å². The Labute approximate surface area is 125 Å². The lowest BCUT2D eigenvalue weighted by molar-refractivity contribution is -0.149. The van der Waals surface area contributed by atoms with Crippen molar-refractivity contribution in [2.24, 2.45) is 11.8 Å². The third kappa shape index (κ3) is 3.60. The Morgan fingerprint density at radius 2 is 2.05 bits per heavy atom.